The van der Waals surface area contributed by atoms with Crippen molar-refractivity contribution in [3.05, 3.63) is 26.7 Å². The summed E-state index contributed by atoms with van der Waals surface area (Å²) < 4.78 is 8.71. The molecule has 24 heteroatoms. The Hall–Kier alpha value is -6.36. The number of hydrogen-bond donors (Lipinski definition) is 3. The van der Waals surface area contributed by atoms with E-state index in [4.69, 9.17) is 38.9 Å². The molecule has 24 nitrogen and oxygen atoms in total. The summed E-state index contributed by atoms with van der Waals surface area (Å²) in [4.78, 5) is 116. The number of hydrogen-bond acceptors (Lipinski definition) is 16. The first kappa shape index (κ1) is 81.2. The molecule has 9 saturated carbocycles. The largest absolute Gasteiger partial charge is 0.425 e. The summed E-state index contributed by atoms with van der Waals surface area (Å²) >= 11 is 0. The lowest BCUT2D eigenvalue weighted by Crippen LogP contribution is -2.51. The van der Waals surface area contributed by atoms with Crippen LogP contribution in [0, 0.1) is 0 Å². The van der Waals surface area contributed by atoms with Crippen molar-refractivity contribution in [3.8, 4) is 0 Å². The fourth-order valence-corrected chi connectivity index (χ4v) is 17.3. The molecule has 3 N–H and O–H groups in total. The summed E-state index contributed by atoms with van der Waals surface area (Å²) in [6, 6.07) is 0.892. The summed E-state index contributed by atoms with van der Waals surface area (Å²) in [5.41, 5.74) is 2.76. The van der Waals surface area contributed by atoms with Crippen molar-refractivity contribution in [1.29, 1.82) is 0 Å². The average molecular weight is 1460 g/mol. The fraction of sp³-hybridized carbons (Fsp3) is 0.852. The van der Waals surface area contributed by atoms with Crippen LogP contribution in [0.1, 0.15) is 366 Å². The van der Waals surface area contributed by atoms with Crippen LogP contribution in [0.25, 0.3) is 0 Å². The maximum Gasteiger partial charge on any atom is 0.425 e. The second-order valence-electron chi connectivity index (χ2n) is 32.1. The minimum Gasteiger partial charge on any atom is -0.375 e. The third-order valence-corrected chi connectivity index (χ3v) is 23.6. The highest BCUT2D eigenvalue weighted by atomic mass is 16.7. The number of amidine groups is 3. The van der Waals surface area contributed by atoms with Crippen LogP contribution < -0.4 is 33.1 Å². The average Bonchev–Trinajstić information content (AvgIpc) is 0.482. The monoisotopic (exact) mass is 1460 g/mol. The van der Waals surface area contributed by atoms with Gasteiger partial charge in [-0.2, -0.15) is 0 Å². The molecule has 0 unspecified atom stereocenters. The molecule has 0 aliphatic heterocycles. The molecule has 1 aromatic heterocycles. The molecule has 9 fully saturated rings. The molecule has 10 rings (SSSR count). The van der Waals surface area contributed by atoms with Gasteiger partial charge in [0.15, 0.2) is 0 Å². The van der Waals surface area contributed by atoms with Crippen LogP contribution in [0.3, 0.4) is 0 Å². The summed E-state index contributed by atoms with van der Waals surface area (Å²) in [6.45, 7) is 2.33. The lowest BCUT2D eigenvalue weighted by molar-refractivity contribution is 0.164. The number of aromatic nitrogens is 2. The molecule has 105 heavy (non-hydrogen) atoms. The van der Waals surface area contributed by atoms with E-state index >= 15 is 0 Å². The number of carbonyl (C=O) groups is 3. The van der Waals surface area contributed by atoms with Crippen molar-refractivity contribution in [1.82, 2.24) is 39.8 Å². The summed E-state index contributed by atoms with van der Waals surface area (Å²) in [5, 5.41) is 23.6. The van der Waals surface area contributed by atoms with Crippen molar-refractivity contribution in [2.45, 2.75) is 415 Å². The van der Waals surface area contributed by atoms with Crippen LogP contribution in [0.2, 0.25) is 0 Å². The molecule has 9 aliphatic rings. The van der Waals surface area contributed by atoms with E-state index in [-0.39, 0.29) is 66.6 Å². The number of nitrogens with zero attached hydrogens (tertiary/aromatic N) is 12. The quantitative estimate of drug-likeness (QED) is 0.0286. The maximum absolute atomic E-state index is 14.6. The summed E-state index contributed by atoms with van der Waals surface area (Å²) in [6.07, 6.45) is 56.4. The zero-order chi connectivity index (χ0) is 72.7. The molecule has 0 aromatic carbocycles. The number of rotatable bonds is 30. The molecule has 0 spiro atoms. The molecule has 0 saturated heterocycles. The Morgan fingerprint density at radius 2 is 0.638 bits per heavy atom. The third kappa shape index (κ3) is 27.7. The highest BCUT2D eigenvalue weighted by Gasteiger charge is 2.36. The summed E-state index contributed by atoms with van der Waals surface area (Å²) in [5.74, 6) is -0.722. The van der Waals surface area contributed by atoms with Gasteiger partial charge in [0, 0.05) is 57.4 Å². The van der Waals surface area contributed by atoms with Gasteiger partial charge in [-0.1, -0.05) is 189 Å². The van der Waals surface area contributed by atoms with Gasteiger partial charge < -0.3 is 34.9 Å². The Balaban J connectivity index is 0.746. The minimum atomic E-state index is -0.722. The zero-order valence-corrected chi connectivity index (χ0v) is 64.6. The van der Waals surface area contributed by atoms with Gasteiger partial charge in [0.05, 0.1) is 35.3 Å². The Labute approximate surface area is 627 Å². The van der Waals surface area contributed by atoms with Crippen molar-refractivity contribution < 1.29 is 33.3 Å². The Kier molecular flexibility index (Phi) is 36.1. The van der Waals surface area contributed by atoms with E-state index < -0.39 is 11.4 Å². The first-order valence-corrected chi connectivity index (χ1v) is 43.2. The molecule has 1 aromatic rings. The Morgan fingerprint density at radius 3 is 0.971 bits per heavy atom. The van der Waals surface area contributed by atoms with Gasteiger partial charge in [-0.05, 0) is 193 Å². The van der Waals surface area contributed by atoms with Gasteiger partial charge in [0.1, 0.15) is 0 Å². The molecule has 588 valence electrons. The standard InChI is InChI=1S/C81H135N15O9/c97-73(94(70-52-28-13-29-53-70)77(86-64-40-16-7-17-41-64)103-89-67-46-22-10-23-47-67)82-58-34-1-2-37-61-85-76-92(62-38-5-3-35-59-83-74(98)95(71-54-30-14-31-55-71)78(87-65-42-18-8-19-43-65)104-90-68-48-24-11-25-49-68)80(100)93(81(101)102-76)63-39-6-4-36-60-84-75(99)96(72-56-32-15-33-57-72)79(88-66-44-20-9-21-45-66)105-91-69-50-26-12-27-51-69/h64-66,70-72H,1-63H2,(H,82,97)(H,83,98)(H,84,99)/b85-76-,86-77-,87-78-,88-79-. The van der Waals surface area contributed by atoms with Gasteiger partial charge in [-0.25, -0.2) is 67.8 Å². The van der Waals surface area contributed by atoms with E-state index in [0.717, 1.165) is 319 Å². The number of urea groups is 3. The minimum absolute atomic E-state index is 0.000931. The van der Waals surface area contributed by atoms with Crippen LogP contribution in [0.15, 0.2) is 49.4 Å². The predicted octanol–water partition coefficient (Wildman–Crippen LogP) is 17.3. The van der Waals surface area contributed by atoms with E-state index in [1.165, 1.54) is 54.1 Å². The highest BCUT2D eigenvalue weighted by Crippen LogP contribution is 2.31. The normalized spacial score (nSPS) is 21.0. The zero-order valence-electron chi connectivity index (χ0n) is 64.6. The number of amides is 6. The highest BCUT2D eigenvalue weighted by molar-refractivity contribution is 5.96. The molecule has 0 radical (unpaired) electrons. The van der Waals surface area contributed by atoms with Gasteiger partial charge in [0.25, 0.3) is 0 Å². The van der Waals surface area contributed by atoms with Crippen LogP contribution in [0.5, 0.6) is 0 Å². The Morgan fingerprint density at radius 1 is 0.352 bits per heavy atom. The molecule has 0 atom stereocenters. The van der Waals surface area contributed by atoms with Crippen molar-refractivity contribution in [3.63, 3.8) is 0 Å². The lowest BCUT2D eigenvalue weighted by atomic mass is 9.94. The molecular formula is C81H135N15O9. The molecule has 6 amide bonds. The second-order valence-corrected chi connectivity index (χ2v) is 32.1. The fourth-order valence-electron chi connectivity index (χ4n) is 17.3. The van der Waals surface area contributed by atoms with Crippen LogP contribution in [0.4, 0.5) is 14.4 Å². The van der Waals surface area contributed by atoms with E-state index in [1.807, 2.05) is 4.90 Å². The molecule has 9 aliphatic carbocycles. The number of carbonyl (C=O) groups excluding carboxylic acids is 3. The number of unbranched alkanes of at least 4 members (excludes halogenated alkanes) is 9. The van der Waals surface area contributed by atoms with E-state index in [9.17, 15) is 24.0 Å². The Bertz CT molecular complexity index is 3130. The van der Waals surface area contributed by atoms with Crippen molar-refractivity contribution >= 4 is 53.3 Å². The van der Waals surface area contributed by atoms with Crippen LogP contribution in [-0.2, 0) is 27.6 Å². The van der Waals surface area contributed by atoms with E-state index in [0.29, 0.717) is 70.1 Å². The van der Waals surface area contributed by atoms with Gasteiger partial charge in [-0.3, -0.25) is 0 Å². The number of oxime groups is 3. The third-order valence-electron chi connectivity index (χ3n) is 23.6. The maximum atomic E-state index is 14.6. The first-order chi connectivity index (χ1) is 51.7. The van der Waals surface area contributed by atoms with Crippen LogP contribution in [-0.4, -0.2) is 140 Å². The second kappa shape index (κ2) is 46.8. The topological polar surface area (TPSA) is 268 Å². The van der Waals surface area contributed by atoms with Crippen LogP contribution >= 0.6 is 0 Å². The van der Waals surface area contributed by atoms with Gasteiger partial charge in [0.2, 0.25) is 0 Å². The van der Waals surface area contributed by atoms with Crippen molar-refractivity contribution in [2.75, 3.05) is 26.2 Å². The number of nitrogens with one attached hydrogen (secondary N) is 3. The van der Waals surface area contributed by atoms with Gasteiger partial charge >= 0.3 is 53.3 Å². The molecule has 1 heterocycles. The SMILES string of the molecule is O=C(NCCCCCC/N=c1\oc(=O)n(CCCCCCNC(=O)N(/C(=N/C2CCCCC2)ON=C2CCCCC2)C2CCCCC2)c(=O)n1CCCCCCNC(=O)N(/C(=N/C1CCCCC1)ON=C1CCCCC1)C1CCCCC1)N(/C(=N/C1CCCCC1)ON=C1CCCCC1)C1CCCCC1. The molecular weight excluding hydrogens is 1330 g/mol. The number of aliphatic imine (C=N–C) groups is 3. The smallest absolute Gasteiger partial charge is 0.375 e. The first-order valence-electron chi connectivity index (χ1n) is 43.2. The molecule has 0 bridgehead atoms. The summed E-state index contributed by atoms with van der Waals surface area (Å²) in [7, 11) is 0. The van der Waals surface area contributed by atoms with E-state index in [1.54, 1.807) is 9.80 Å². The predicted molar refractivity (Wildman–Crippen MR) is 417 cm³/mol. The van der Waals surface area contributed by atoms with Gasteiger partial charge in [-0.15, -0.1) is 0 Å². The van der Waals surface area contributed by atoms with E-state index in [2.05, 4.69) is 31.4 Å². The van der Waals surface area contributed by atoms with Crippen molar-refractivity contribution in [2.24, 2.45) is 35.4 Å². The lowest BCUT2D eigenvalue weighted by Gasteiger charge is -2.34.